The molecule has 1 aromatic carbocycles. The first-order chi connectivity index (χ1) is 6.61. The number of aromatic hydroxyl groups is 1. The van der Waals surface area contributed by atoms with Crippen molar-refractivity contribution < 1.29 is 9.84 Å². The zero-order chi connectivity index (χ0) is 10.7. The van der Waals surface area contributed by atoms with E-state index in [0.29, 0.717) is 11.7 Å². The van der Waals surface area contributed by atoms with E-state index in [1.165, 1.54) is 5.56 Å². The number of phenolic OH excluding ortho intramolecular Hbond substituents is 1. The predicted molar refractivity (Wildman–Crippen MR) is 58.1 cm³/mol. The number of ether oxygens (including phenoxy) is 1. The second kappa shape index (κ2) is 4.36. The quantitative estimate of drug-likeness (QED) is 0.801. The summed E-state index contributed by atoms with van der Waals surface area (Å²) in [5.74, 6) is 1.22. The Morgan fingerprint density at radius 2 is 2.00 bits per heavy atom. The summed E-state index contributed by atoms with van der Waals surface area (Å²) < 4.78 is 5.23. The van der Waals surface area contributed by atoms with Crippen LogP contribution in [0.2, 0.25) is 0 Å². The summed E-state index contributed by atoms with van der Waals surface area (Å²) in [4.78, 5) is 0. The van der Waals surface area contributed by atoms with Crippen molar-refractivity contribution in [2.75, 3.05) is 7.11 Å². The molecule has 1 rings (SSSR count). The van der Waals surface area contributed by atoms with E-state index in [1.807, 2.05) is 6.07 Å². The Bertz CT molecular complexity index is 316. The van der Waals surface area contributed by atoms with Gasteiger partial charge in [-0.25, -0.2) is 0 Å². The molecule has 0 heterocycles. The summed E-state index contributed by atoms with van der Waals surface area (Å²) in [6.45, 7) is 6.32. The zero-order valence-electron chi connectivity index (χ0n) is 9.29. The number of phenols is 1. The van der Waals surface area contributed by atoms with Crippen LogP contribution in [0.5, 0.6) is 11.5 Å². The van der Waals surface area contributed by atoms with Gasteiger partial charge in [0.25, 0.3) is 0 Å². The van der Waals surface area contributed by atoms with Gasteiger partial charge >= 0.3 is 0 Å². The fourth-order valence-electron chi connectivity index (χ4n) is 1.78. The minimum atomic E-state index is 0.230. The summed E-state index contributed by atoms with van der Waals surface area (Å²) >= 11 is 0. The Kier molecular flexibility index (Phi) is 3.39. The second-order valence-corrected chi connectivity index (χ2v) is 3.70. The average Bonchev–Trinajstić information content (AvgIpc) is 2.17. The molecule has 0 bridgehead atoms. The van der Waals surface area contributed by atoms with Crippen LogP contribution in [0.4, 0.5) is 0 Å². The standard InChI is InChI=1S/C12H18O2/c1-5-9-6-7-10(13)12(14-4)11(9)8(2)3/h6-8,13H,5H2,1-4H3. The highest BCUT2D eigenvalue weighted by molar-refractivity contribution is 5.51. The number of aryl methyl sites for hydroxylation is 1. The van der Waals surface area contributed by atoms with Crippen LogP contribution >= 0.6 is 0 Å². The summed E-state index contributed by atoms with van der Waals surface area (Å²) in [5, 5.41) is 9.64. The number of hydrogen-bond donors (Lipinski definition) is 1. The molecule has 78 valence electrons. The normalized spacial score (nSPS) is 10.6. The lowest BCUT2D eigenvalue weighted by Gasteiger charge is -2.17. The summed E-state index contributed by atoms with van der Waals surface area (Å²) in [6, 6.07) is 3.66. The van der Waals surface area contributed by atoms with Gasteiger partial charge in [-0.15, -0.1) is 0 Å². The molecule has 0 aliphatic carbocycles. The van der Waals surface area contributed by atoms with Gasteiger partial charge in [-0.05, 0) is 24.0 Å². The third-order valence-corrected chi connectivity index (χ3v) is 2.43. The number of rotatable bonds is 3. The van der Waals surface area contributed by atoms with Crippen molar-refractivity contribution in [3.63, 3.8) is 0 Å². The lowest BCUT2D eigenvalue weighted by molar-refractivity contribution is 0.367. The highest BCUT2D eigenvalue weighted by atomic mass is 16.5. The molecular weight excluding hydrogens is 176 g/mol. The number of benzene rings is 1. The van der Waals surface area contributed by atoms with Gasteiger partial charge < -0.3 is 9.84 Å². The highest BCUT2D eigenvalue weighted by Crippen LogP contribution is 2.37. The largest absolute Gasteiger partial charge is 0.504 e. The van der Waals surface area contributed by atoms with E-state index in [4.69, 9.17) is 4.74 Å². The number of methoxy groups -OCH3 is 1. The van der Waals surface area contributed by atoms with Crippen LogP contribution in [0, 0.1) is 0 Å². The molecule has 0 saturated heterocycles. The van der Waals surface area contributed by atoms with E-state index < -0.39 is 0 Å². The summed E-state index contributed by atoms with van der Waals surface area (Å²) in [5.41, 5.74) is 2.37. The van der Waals surface area contributed by atoms with Crippen molar-refractivity contribution in [1.82, 2.24) is 0 Å². The van der Waals surface area contributed by atoms with Gasteiger partial charge in [0.15, 0.2) is 11.5 Å². The first-order valence-corrected chi connectivity index (χ1v) is 5.00. The zero-order valence-corrected chi connectivity index (χ0v) is 9.29. The Balaban J connectivity index is 3.36. The van der Waals surface area contributed by atoms with Crippen molar-refractivity contribution in [2.45, 2.75) is 33.1 Å². The highest BCUT2D eigenvalue weighted by Gasteiger charge is 2.15. The Labute approximate surface area is 85.5 Å². The minimum Gasteiger partial charge on any atom is -0.504 e. The molecule has 0 aromatic heterocycles. The molecule has 14 heavy (non-hydrogen) atoms. The van der Waals surface area contributed by atoms with E-state index in [-0.39, 0.29) is 5.75 Å². The van der Waals surface area contributed by atoms with Crippen molar-refractivity contribution in [3.05, 3.63) is 23.3 Å². The van der Waals surface area contributed by atoms with Crippen LogP contribution in [0.25, 0.3) is 0 Å². The van der Waals surface area contributed by atoms with Gasteiger partial charge in [0.05, 0.1) is 7.11 Å². The van der Waals surface area contributed by atoms with Crippen LogP contribution in [-0.2, 0) is 6.42 Å². The third-order valence-electron chi connectivity index (χ3n) is 2.43. The van der Waals surface area contributed by atoms with Gasteiger partial charge in [-0.3, -0.25) is 0 Å². The van der Waals surface area contributed by atoms with Crippen LogP contribution in [0.1, 0.15) is 37.8 Å². The molecular formula is C12H18O2. The van der Waals surface area contributed by atoms with E-state index in [9.17, 15) is 5.11 Å². The van der Waals surface area contributed by atoms with E-state index >= 15 is 0 Å². The van der Waals surface area contributed by atoms with Gasteiger partial charge in [0.2, 0.25) is 0 Å². The fourth-order valence-corrected chi connectivity index (χ4v) is 1.78. The van der Waals surface area contributed by atoms with Crippen molar-refractivity contribution in [3.8, 4) is 11.5 Å². The minimum absolute atomic E-state index is 0.230. The third kappa shape index (κ3) is 1.84. The first kappa shape index (κ1) is 10.9. The van der Waals surface area contributed by atoms with Crippen LogP contribution in [0.3, 0.4) is 0 Å². The topological polar surface area (TPSA) is 29.5 Å². The Morgan fingerprint density at radius 3 is 2.43 bits per heavy atom. The summed E-state index contributed by atoms with van der Waals surface area (Å²) in [6.07, 6.45) is 0.962. The maximum Gasteiger partial charge on any atom is 0.164 e. The SMILES string of the molecule is CCc1ccc(O)c(OC)c1C(C)C. The monoisotopic (exact) mass is 194 g/mol. The molecule has 0 aliphatic heterocycles. The Morgan fingerprint density at radius 1 is 1.36 bits per heavy atom. The molecule has 1 N–H and O–H groups in total. The average molecular weight is 194 g/mol. The van der Waals surface area contributed by atoms with Crippen molar-refractivity contribution >= 4 is 0 Å². The molecule has 0 aliphatic rings. The van der Waals surface area contributed by atoms with Crippen LogP contribution < -0.4 is 4.74 Å². The molecule has 2 heteroatoms. The molecule has 0 saturated carbocycles. The maximum absolute atomic E-state index is 9.64. The molecule has 2 nitrogen and oxygen atoms in total. The Hall–Kier alpha value is -1.18. The maximum atomic E-state index is 9.64. The second-order valence-electron chi connectivity index (χ2n) is 3.70. The van der Waals surface area contributed by atoms with Gasteiger partial charge in [-0.1, -0.05) is 26.8 Å². The molecule has 0 atom stereocenters. The molecule has 0 spiro atoms. The molecule has 0 fully saturated rings. The fraction of sp³-hybridized carbons (Fsp3) is 0.500. The molecule has 0 radical (unpaired) electrons. The molecule has 1 aromatic rings. The van der Waals surface area contributed by atoms with E-state index in [0.717, 1.165) is 12.0 Å². The van der Waals surface area contributed by atoms with Gasteiger partial charge in [0, 0.05) is 5.56 Å². The van der Waals surface area contributed by atoms with Crippen LogP contribution in [-0.4, -0.2) is 12.2 Å². The number of hydrogen-bond acceptors (Lipinski definition) is 2. The summed E-state index contributed by atoms with van der Waals surface area (Å²) in [7, 11) is 1.60. The van der Waals surface area contributed by atoms with Crippen LogP contribution in [0.15, 0.2) is 12.1 Å². The van der Waals surface area contributed by atoms with E-state index in [1.54, 1.807) is 13.2 Å². The van der Waals surface area contributed by atoms with Crippen molar-refractivity contribution in [1.29, 1.82) is 0 Å². The predicted octanol–water partition coefficient (Wildman–Crippen LogP) is 3.09. The van der Waals surface area contributed by atoms with Gasteiger partial charge in [0.1, 0.15) is 0 Å². The molecule has 0 unspecified atom stereocenters. The lowest BCUT2D eigenvalue weighted by Crippen LogP contribution is -1.99. The van der Waals surface area contributed by atoms with Gasteiger partial charge in [-0.2, -0.15) is 0 Å². The first-order valence-electron chi connectivity index (χ1n) is 5.00. The smallest absolute Gasteiger partial charge is 0.164 e. The van der Waals surface area contributed by atoms with E-state index in [2.05, 4.69) is 20.8 Å². The van der Waals surface area contributed by atoms with Crippen molar-refractivity contribution in [2.24, 2.45) is 0 Å². The lowest BCUT2D eigenvalue weighted by atomic mass is 9.94. The molecule has 0 amide bonds.